The van der Waals surface area contributed by atoms with E-state index >= 15 is 0 Å². The Morgan fingerprint density at radius 1 is 1.20 bits per heavy atom. The molecule has 1 saturated carbocycles. The van der Waals surface area contributed by atoms with Gasteiger partial charge in [0.25, 0.3) is 0 Å². The average Bonchev–Trinajstić information content (AvgIpc) is 2.27. The Bertz CT molecular complexity index is 155. The fraction of sp³-hybridized carbons (Fsp3) is 1.00. The van der Waals surface area contributed by atoms with Crippen molar-refractivity contribution in [2.75, 3.05) is 6.54 Å². The van der Waals surface area contributed by atoms with Crippen LogP contribution in [0.25, 0.3) is 0 Å². The van der Waals surface area contributed by atoms with Gasteiger partial charge < -0.3 is 10.1 Å². The highest BCUT2D eigenvalue weighted by Crippen LogP contribution is 2.21. The third-order valence-corrected chi connectivity index (χ3v) is 3.34. The van der Waals surface area contributed by atoms with E-state index in [1.807, 2.05) is 0 Å². The van der Waals surface area contributed by atoms with E-state index < -0.39 is 0 Å². The van der Waals surface area contributed by atoms with Crippen molar-refractivity contribution in [2.24, 2.45) is 0 Å². The first-order valence-corrected chi connectivity index (χ1v) is 6.61. The van der Waals surface area contributed by atoms with Crippen molar-refractivity contribution in [3.63, 3.8) is 0 Å². The molecule has 1 N–H and O–H groups in total. The first-order valence-electron chi connectivity index (χ1n) is 6.61. The van der Waals surface area contributed by atoms with Gasteiger partial charge >= 0.3 is 0 Å². The summed E-state index contributed by atoms with van der Waals surface area (Å²) in [6.45, 7) is 7.62. The van der Waals surface area contributed by atoms with Crippen molar-refractivity contribution in [3.05, 3.63) is 0 Å². The van der Waals surface area contributed by atoms with Gasteiger partial charge in [0.2, 0.25) is 0 Å². The van der Waals surface area contributed by atoms with Crippen LogP contribution in [0.1, 0.15) is 59.3 Å². The molecule has 0 amide bonds. The van der Waals surface area contributed by atoms with Gasteiger partial charge in [0.1, 0.15) is 0 Å². The molecule has 0 bridgehead atoms. The molecule has 0 aromatic carbocycles. The lowest BCUT2D eigenvalue weighted by atomic mass is 9.98. The molecule has 15 heavy (non-hydrogen) atoms. The Hall–Kier alpha value is -0.0800. The number of rotatable bonds is 6. The van der Waals surface area contributed by atoms with Crippen molar-refractivity contribution >= 4 is 0 Å². The summed E-state index contributed by atoms with van der Waals surface area (Å²) >= 11 is 0. The predicted octanol–water partition coefficient (Wildman–Crippen LogP) is 3.11. The first kappa shape index (κ1) is 13.0. The van der Waals surface area contributed by atoms with Crippen LogP contribution in [0.2, 0.25) is 0 Å². The summed E-state index contributed by atoms with van der Waals surface area (Å²) in [5.41, 5.74) is 0. The quantitative estimate of drug-likeness (QED) is 0.732. The molecular weight excluding hydrogens is 186 g/mol. The van der Waals surface area contributed by atoms with Crippen LogP contribution in [0.3, 0.4) is 0 Å². The van der Waals surface area contributed by atoms with Crippen LogP contribution < -0.4 is 5.32 Å². The lowest BCUT2D eigenvalue weighted by Gasteiger charge is -2.26. The van der Waals surface area contributed by atoms with Gasteiger partial charge in [-0.05, 0) is 33.1 Å². The number of ether oxygens (including phenoxy) is 1. The Kier molecular flexibility index (Phi) is 6.26. The van der Waals surface area contributed by atoms with Crippen molar-refractivity contribution in [2.45, 2.75) is 77.5 Å². The lowest BCUT2D eigenvalue weighted by Crippen LogP contribution is -2.35. The monoisotopic (exact) mass is 213 g/mol. The summed E-state index contributed by atoms with van der Waals surface area (Å²) in [7, 11) is 0. The summed E-state index contributed by atoms with van der Waals surface area (Å²) in [4.78, 5) is 0. The number of hydrogen-bond donors (Lipinski definition) is 1. The van der Waals surface area contributed by atoms with Gasteiger partial charge in [0, 0.05) is 12.6 Å². The van der Waals surface area contributed by atoms with Gasteiger partial charge in [-0.2, -0.15) is 0 Å². The summed E-state index contributed by atoms with van der Waals surface area (Å²) in [6.07, 6.45) is 8.75. The summed E-state index contributed by atoms with van der Waals surface area (Å²) in [5, 5.41) is 3.50. The van der Waals surface area contributed by atoms with Gasteiger partial charge in [0.05, 0.1) is 12.2 Å². The molecule has 0 heterocycles. The van der Waals surface area contributed by atoms with Gasteiger partial charge in [-0.15, -0.1) is 0 Å². The van der Waals surface area contributed by atoms with Gasteiger partial charge in [-0.25, -0.2) is 0 Å². The molecule has 0 radical (unpaired) electrons. The second kappa shape index (κ2) is 7.24. The van der Waals surface area contributed by atoms with Crippen LogP contribution in [0.5, 0.6) is 0 Å². The van der Waals surface area contributed by atoms with Crippen LogP contribution in [0, 0.1) is 0 Å². The molecule has 1 rings (SSSR count). The van der Waals surface area contributed by atoms with Crippen LogP contribution >= 0.6 is 0 Å². The van der Waals surface area contributed by atoms with Gasteiger partial charge in [0.15, 0.2) is 0 Å². The maximum absolute atomic E-state index is 6.02. The minimum Gasteiger partial charge on any atom is -0.374 e. The Morgan fingerprint density at radius 2 is 1.87 bits per heavy atom. The zero-order valence-corrected chi connectivity index (χ0v) is 10.6. The molecule has 0 aromatic rings. The second-order valence-corrected chi connectivity index (χ2v) is 4.92. The van der Waals surface area contributed by atoms with E-state index in [0.717, 1.165) is 6.54 Å². The van der Waals surface area contributed by atoms with E-state index in [1.54, 1.807) is 0 Å². The Labute approximate surface area is 94.8 Å². The molecule has 0 aromatic heterocycles. The number of nitrogens with one attached hydrogen (secondary N) is 1. The molecule has 0 aliphatic heterocycles. The standard InChI is InChI=1S/C13H27NO/c1-4-11(2)14-10-12(3)15-13-8-6-5-7-9-13/h11-14H,4-10H2,1-3H3. The molecule has 0 saturated heterocycles. The van der Waals surface area contributed by atoms with Gasteiger partial charge in [-0.3, -0.25) is 0 Å². The molecule has 2 atom stereocenters. The SMILES string of the molecule is CCC(C)NCC(C)OC1CCCCC1. The fourth-order valence-corrected chi connectivity index (χ4v) is 2.09. The van der Waals surface area contributed by atoms with Crippen LogP contribution in [-0.2, 0) is 4.74 Å². The topological polar surface area (TPSA) is 21.3 Å². The number of hydrogen-bond acceptors (Lipinski definition) is 2. The van der Waals surface area contributed by atoms with Crippen molar-refractivity contribution in [1.29, 1.82) is 0 Å². The highest BCUT2D eigenvalue weighted by atomic mass is 16.5. The predicted molar refractivity (Wildman–Crippen MR) is 65.2 cm³/mol. The molecular formula is C13H27NO. The maximum Gasteiger partial charge on any atom is 0.0675 e. The molecule has 2 unspecified atom stereocenters. The molecule has 90 valence electrons. The van der Waals surface area contributed by atoms with E-state index in [4.69, 9.17) is 4.74 Å². The van der Waals surface area contributed by atoms with Crippen LogP contribution in [-0.4, -0.2) is 24.8 Å². The molecule has 2 nitrogen and oxygen atoms in total. The smallest absolute Gasteiger partial charge is 0.0675 e. The Balaban J connectivity index is 2.08. The molecule has 0 spiro atoms. The first-order chi connectivity index (χ1) is 7.22. The summed E-state index contributed by atoms with van der Waals surface area (Å²) < 4.78 is 6.02. The van der Waals surface area contributed by atoms with E-state index in [1.165, 1.54) is 38.5 Å². The maximum atomic E-state index is 6.02. The molecule has 1 aliphatic carbocycles. The summed E-state index contributed by atoms with van der Waals surface area (Å²) in [6, 6.07) is 0.613. The van der Waals surface area contributed by atoms with E-state index in [0.29, 0.717) is 18.2 Å². The average molecular weight is 213 g/mol. The van der Waals surface area contributed by atoms with Crippen LogP contribution in [0.15, 0.2) is 0 Å². The molecule has 1 fully saturated rings. The highest BCUT2D eigenvalue weighted by molar-refractivity contribution is 4.68. The second-order valence-electron chi connectivity index (χ2n) is 4.92. The third kappa shape index (κ3) is 5.53. The largest absolute Gasteiger partial charge is 0.374 e. The summed E-state index contributed by atoms with van der Waals surface area (Å²) in [5.74, 6) is 0. The van der Waals surface area contributed by atoms with Crippen molar-refractivity contribution in [3.8, 4) is 0 Å². The lowest BCUT2D eigenvalue weighted by molar-refractivity contribution is -0.0206. The minimum absolute atomic E-state index is 0.363. The van der Waals surface area contributed by atoms with Crippen LogP contribution in [0.4, 0.5) is 0 Å². The van der Waals surface area contributed by atoms with E-state index in [2.05, 4.69) is 26.1 Å². The van der Waals surface area contributed by atoms with E-state index in [9.17, 15) is 0 Å². The van der Waals surface area contributed by atoms with Gasteiger partial charge in [-0.1, -0.05) is 26.2 Å². The fourth-order valence-electron chi connectivity index (χ4n) is 2.09. The molecule has 2 heteroatoms. The van der Waals surface area contributed by atoms with E-state index in [-0.39, 0.29) is 0 Å². The third-order valence-electron chi connectivity index (χ3n) is 3.34. The Morgan fingerprint density at radius 3 is 2.47 bits per heavy atom. The minimum atomic E-state index is 0.363. The zero-order chi connectivity index (χ0) is 11.1. The molecule has 1 aliphatic rings. The highest BCUT2D eigenvalue weighted by Gasteiger charge is 2.16. The zero-order valence-electron chi connectivity index (χ0n) is 10.6. The van der Waals surface area contributed by atoms with Crippen molar-refractivity contribution < 1.29 is 4.74 Å². The normalized spacial score (nSPS) is 22.6. The van der Waals surface area contributed by atoms with Crippen molar-refractivity contribution in [1.82, 2.24) is 5.32 Å².